The first kappa shape index (κ1) is 12.7. The third kappa shape index (κ3) is 2.61. The van der Waals surface area contributed by atoms with Gasteiger partial charge in [0.1, 0.15) is 6.04 Å². The summed E-state index contributed by atoms with van der Waals surface area (Å²) in [5.74, 6) is -1.36. The molecule has 2 N–H and O–H groups in total. The molecule has 1 aliphatic rings. The van der Waals surface area contributed by atoms with Crippen LogP contribution in [-0.4, -0.2) is 45.7 Å². The molecule has 5 heteroatoms. The third-order valence-electron chi connectivity index (χ3n) is 2.67. The number of carboxylic acids is 1. The maximum Gasteiger partial charge on any atom is 0.326 e. The monoisotopic (exact) mass is 227 g/mol. The van der Waals surface area contributed by atoms with E-state index in [9.17, 15) is 14.7 Å². The Morgan fingerprint density at radius 2 is 2.12 bits per heavy atom. The molecule has 1 fully saturated rings. The number of nitrogens with zero attached hydrogens (tertiary/aromatic N) is 1. The van der Waals surface area contributed by atoms with Crippen LogP contribution in [0.15, 0.2) is 11.6 Å². The summed E-state index contributed by atoms with van der Waals surface area (Å²) in [5, 5.41) is 18.3. The fourth-order valence-corrected chi connectivity index (χ4v) is 1.89. The number of aliphatic hydroxyl groups excluding tert-OH is 1. The molecular weight excluding hydrogens is 210 g/mol. The SMILES string of the molecule is CCC=C(C)C(=O)N1C[C@@H](O)C[C@H]1C(=O)O. The molecule has 0 aromatic heterocycles. The van der Waals surface area contributed by atoms with Gasteiger partial charge in [0.05, 0.1) is 6.10 Å². The lowest BCUT2D eigenvalue weighted by Gasteiger charge is -2.21. The molecule has 16 heavy (non-hydrogen) atoms. The maximum absolute atomic E-state index is 11.9. The Hall–Kier alpha value is -1.36. The van der Waals surface area contributed by atoms with E-state index in [1.165, 1.54) is 4.90 Å². The average Bonchev–Trinajstić information content (AvgIpc) is 2.59. The van der Waals surface area contributed by atoms with Crippen LogP contribution in [0.2, 0.25) is 0 Å². The highest BCUT2D eigenvalue weighted by atomic mass is 16.4. The van der Waals surface area contributed by atoms with Gasteiger partial charge in [0, 0.05) is 18.5 Å². The molecule has 0 aromatic rings. The summed E-state index contributed by atoms with van der Waals surface area (Å²) in [6.07, 6.45) is 1.86. The summed E-state index contributed by atoms with van der Waals surface area (Å²) in [7, 11) is 0. The van der Waals surface area contributed by atoms with E-state index in [-0.39, 0.29) is 18.9 Å². The summed E-state index contributed by atoms with van der Waals surface area (Å²) >= 11 is 0. The molecule has 0 unspecified atom stereocenters. The van der Waals surface area contributed by atoms with E-state index in [0.29, 0.717) is 5.57 Å². The number of hydrogen-bond acceptors (Lipinski definition) is 3. The predicted molar refractivity (Wildman–Crippen MR) is 57.8 cm³/mol. The lowest BCUT2D eigenvalue weighted by molar-refractivity contribution is -0.146. The fraction of sp³-hybridized carbons (Fsp3) is 0.636. The number of likely N-dealkylation sites (tertiary alicyclic amines) is 1. The number of allylic oxidation sites excluding steroid dienone is 1. The molecule has 1 heterocycles. The van der Waals surface area contributed by atoms with E-state index in [1.807, 2.05) is 6.92 Å². The zero-order valence-corrected chi connectivity index (χ0v) is 9.51. The van der Waals surface area contributed by atoms with Gasteiger partial charge >= 0.3 is 5.97 Å². The third-order valence-corrected chi connectivity index (χ3v) is 2.67. The molecule has 1 amide bonds. The van der Waals surface area contributed by atoms with Gasteiger partial charge in [-0.2, -0.15) is 0 Å². The van der Waals surface area contributed by atoms with Gasteiger partial charge in [0.2, 0.25) is 5.91 Å². The molecule has 0 aliphatic carbocycles. The second-order valence-corrected chi connectivity index (χ2v) is 4.00. The summed E-state index contributed by atoms with van der Waals surface area (Å²) in [5.41, 5.74) is 0.530. The molecule has 1 aliphatic heterocycles. The van der Waals surface area contributed by atoms with Crippen LogP contribution in [0.3, 0.4) is 0 Å². The highest BCUT2D eigenvalue weighted by Crippen LogP contribution is 2.20. The number of rotatable bonds is 3. The van der Waals surface area contributed by atoms with Crippen LogP contribution >= 0.6 is 0 Å². The number of carbonyl (C=O) groups is 2. The van der Waals surface area contributed by atoms with E-state index in [2.05, 4.69) is 0 Å². The molecule has 5 nitrogen and oxygen atoms in total. The van der Waals surface area contributed by atoms with E-state index in [1.54, 1.807) is 13.0 Å². The van der Waals surface area contributed by atoms with Crippen LogP contribution in [0.5, 0.6) is 0 Å². The van der Waals surface area contributed by atoms with Gasteiger partial charge in [0.25, 0.3) is 0 Å². The van der Waals surface area contributed by atoms with Gasteiger partial charge < -0.3 is 15.1 Å². The van der Waals surface area contributed by atoms with E-state index >= 15 is 0 Å². The second kappa shape index (κ2) is 5.12. The number of aliphatic hydroxyl groups is 1. The van der Waals surface area contributed by atoms with Crippen LogP contribution in [0.4, 0.5) is 0 Å². The molecular formula is C11H17NO4. The minimum absolute atomic E-state index is 0.102. The van der Waals surface area contributed by atoms with Crippen molar-refractivity contribution < 1.29 is 19.8 Å². The fourth-order valence-electron chi connectivity index (χ4n) is 1.89. The Labute approximate surface area is 94.4 Å². The maximum atomic E-state index is 11.9. The van der Waals surface area contributed by atoms with Gasteiger partial charge in [-0.25, -0.2) is 4.79 Å². The van der Waals surface area contributed by atoms with Crippen LogP contribution in [-0.2, 0) is 9.59 Å². The molecule has 1 saturated heterocycles. The van der Waals surface area contributed by atoms with Crippen molar-refractivity contribution >= 4 is 11.9 Å². The van der Waals surface area contributed by atoms with E-state index in [4.69, 9.17) is 5.11 Å². The number of carboxylic acid groups (broad SMARTS) is 1. The van der Waals surface area contributed by atoms with Gasteiger partial charge in [-0.3, -0.25) is 4.79 Å². The van der Waals surface area contributed by atoms with Crippen molar-refractivity contribution in [2.45, 2.75) is 38.8 Å². The van der Waals surface area contributed by atoms with Crippen molar-refractivity contribution in [3.63, 3.8) is 0 Å². The van der Waals surface area contributed by atoms with Crippen LogP contribution < -0.4 is 0 Å². The Morgan fingerprint density at radius 1 is 1.50 bits per heavy atom. The number of amides is 1. The molecule has 0 saturated carbocycles. The lowest BCUT2D eigenvalue weighted by atomic mass is 10.2. The smallest absolute Gasteiger partial charge is 0.326 e. The Morgan fingerprint density at radius 3 is 2.62 bits per heavy atom. The van der Waals surface area contributed by atoms with Crippen molar-refractivity contribution in [2.75, 3.05) is 6.54 Å². The second-order valence-electron chi connectivity index (χ2n) is 4.00. The lowest BCUT2D eigenvalue weighted by Crippen LogP contribution is -2.41. The molecule has 0 spiro atoms. The number of hydrogen-bond donors (Lipinski definition) is 2. The van der Waals surface area contributed by atoms with Crippen LogP contribution in [0.25, 0.3) is 0 Å². The summed E-state index contributed by atoms with van der Waals surface area (Å²) in [4.78, 5) is 24.0. The Kier molecular flexibility index (Phi) is 4.06. The molecule has 1 rings (SSSR count). The van der Waals surface area contributed by atoms with Crippen LogP contribution in [0, 0.1) is 0 Å². The van der Waals surface area contributed by atoms with E-state index in [0.717, 1.165) is 6.42 Å². The standard InChI is InChI=1S/C11H17NO4/c1-3-4-7(2)10(14)12-6-8(13)5-9(12)11(15)16/h4,8-9,13H,3,5-6H2,1-2H3,(H,15,16)/t8-,9-/m0/s1. The number of aliphatic carboxylic acids is 1. The Balaban J connectivity index is 2.82. The minimum atomic E-state index is -1.06. The van der Waals surface area contributed by atoms with Gasteiger partial charge in [-0.05, 0) is 13.3 Å². The molecule has 2 atom stereocenters. The van der Waals surface area contributed by atoms with Crippen molar-refractivity contribution in [1.82, 2.24) is 4.90 Å². The van der Waals surface area contributed by atoms with Gasteiger partial charge in [-0.15, -0.1) is 0 Å². The zero-order chi connectivity index (χ0) is 12.3. The Bertz CT molecular complexity index is 324. The molecule has 0 bridgehead atoms. The first-order valence-corrected chi connectivity index (χ1v) is 5.36. The molecule has 90 valence electrons. The average molecular weight is 227 g/mol. The van der Waals surface area contributed by atoms with E-state index < -0.39 is 18.1 Å². The first-order chi connectivity index (χ1) is 7.47. The highest BCUT2D eigenvalue weighted by Gasteiger charge is 2.38. The van der Waals surface area contributed by atoms with Crippen molar-refractivity contribution in [3.8, 4) is 0 Å². The largest absolute Gasteiger partial charge is 0.480 e. The van der Waals surface area contributed by atoms with Crippen LogP contribution in [0.1, 0.15) is 26.7 Å². The zero-order valence-electron chi connectivity index (χ0n) is 9.51. The predicted octanol–water partition coefficient (Wildman–Crippen LogP) is 0.389. The highest BCUT2D eigenvalue weighted by molar-refractivity contribution is 5.95. The van der Waals surface area contributed by atoms with Gasteiger partial charge in [-0.1, -0.05) is 13.0 Å². The number of β-amino-alcohol motifs (C(OH)–C–C–N with tert-alkyl or cyclic N) is 1. The quantitative estimate of drug-likeness (QED) is 0.684. The summed E-state index contributed by atoms with van der Waals surface area (Å²) in [6.45, 7) is 3.67. The number of carbonyl (C=O) groups excluding carboxylic acids is 1. The van der Waals surface area contributed by atoms with Crippen molar-refractivity contribution in [2.24, 2.45) is 0 Å². The van der Waals surface area contributed by atoms with Gasteiger partial charge in [0.15, 0.2) is 0 Å². The summed E-state index contributed by atoms with van der Waals surface area (Å²) in [6, 6.07) is -0.900. The summed E-state index contributed by atoms with van der Waals surface area (Å²) < 4.78 is 0. The first-order valence-electron chi connectivity index (χ1n) is 5.36. The van der Waals surface area contributed by atoms with Crippen molar-refractivity contribution in [1.29, 1.82) is 0 Å². The molecule has 0 radical (unpaired) electrons. The minimum Gasteiger partial charge on any atom is -0.480 e. The molecule has 0 aromatic carbocycles. The topological polar surface area (TPSA) is 77.8 Å². The normalized spacial score (nSPS) is 25.9. The van der Waals surface area contributed by atoms with Crippen molar-refractivity contribution in [3.05, 3.63) is 11.6 Å².